The number of urea groups is 1. The number of rotatable bonds is 7. The molecule has 3 aromatic rings. The van der Waals surface area contributed by atoms with E-state index in [1.54, 1.807) is 43.3 Å². The van der Waals surface area contributed by atoms with Crippen LogP contribution >= 0.6 is 0 Å². The monoisotopic (exact) mass is 412 g/mol. The Bertz CT molecular complexity index is 1100. The fourth-order valence-electron chi connectivity index (χ4n) is 3.43. The maximum atomic E-state index is 13.5. The van der Waals surface area contributed by atoms with E-state index in [1.807, 2.05) is 13.0 Å². The van der Waals surface area contributed by atoms with Gasteiger partial charge in [0.25, 0.3) is 5.56 Å². The van der Waals surface area contributed by atoms with Gasteiger partial charge in [0.1, 0.15) is 11.6 Å². The summed E-state index contributed by atoms with van der Waals surface area (Å²) in [4.78, 5) is 32.2. The summed E-state index contributed by atoms with van der Waals surface area (Å²) in [6, 6.07) is 11.9. The van der Waals surface area contributed by atoms with Gasteiger partial charge >= 0.3 is 6.03 Å². The lowest BCUT2D eigenvalue weighted by Crippen LogP contribution is -2.42. The third-order valence-electron chi connectivity index (χ3n) is 4.95. The Morgan fingerprint density at radius 1 is 1.27 bits per heavy atom. The van der Waals surface area contributed by atoms with Crippen LogP contribution in [0.5, 0.6) is 0 Å². The number of nitrogens with zero attached hydrogens (tertiary/aromatic N) is 3. The van der Waals surface area contributed by atoms with Gasteiger partial charge in [-0.2, -0.15) is 0 Å². The molecule has 0 radical (unpaired) electrons. The summed E-state index contributed by atoms with van der Waals surface area (Å²) in [5.74, 6) is 0.0357. The number of amides is 2. The van der Waals surface area contributed by atoms with E-state index < -0.39 is 17.9 Å². The van der Waals surface area contributed by atoms with Gasteiger partial charge in [-0.1, -0.05) is 25.1 Å². The number of nitrogens with one attached hydrogen (secondary N) is 1. The van der Waals surface area contributed by atoms with E-state index >= 15 is 0 Å². The zero-order chi connectivity index (χ0) is 21.7. The van der Waals surface area contributed by atoms with Gasteiger partial charge in [-0.25, -0.2) is 14.2 Å². The van der Waals surface area contributed by atoms with Gasteiger partial charge < -0.3 is 15.0 Å². The molecule has 0 bridgehead atoms. The highest BCUT2D eigenvalue weighted by atomic mass is 19.1. The molecule has 1 unspecified atom stereocenters. The summed E-state index contributed by atoms with van der Waals surface area (Å²) >= 11 is 0. The second-order valence-corrected chi connectivity index (χ2v) is 6.90. The number of carbonyl (C=O) groups is 1. The summed E-state index contributed by atoms with van der Waals surface area (Å²) < 4.78 is 20.2. The maximum Gasteiger partial charge on any atom is 0.322 e. The van der Waals surface area contributed by atoms with Crippen LogP contribution in [0.15, 0.2) is 53.3 Å². The molecule has 7 nitrogen and oxygen atoms in total. The van der Waals surface area contributed by atoms with Crippen LogP contribution in [0.25, 0.3) is 10.9 Å². The second kappa shape index (κ2) is 9.49. The Morgan fingerprint density at radius 3 is 2.73 bits per heavy atom. The first-order valence-corrected chi connectivity index (χ1v) is 9.74. The number of hydrogen-bond acceptors (Lipinski definition) is 4. The first-order valence-electron chi connectivity index (χ1n) is 9.74. The van der Waals surface area contributed by atoms with Crippen LogP contribution in [0.3, 0.4) is 0 Å². The molecule has 158 valence electrons. The summed E-state index contributed by atoms with van der Waals surface area (Å²) in [7, 11) is 3.20. The molecule has 0 saturated heterocycles. The molecule has 8 heteroatoms. The van der Waals surface area contributed by atoms with Crippen molar-refractivity contribution in [3.63, 3.8) is 0 Å². The molecule has 1 atom stereocenters. The number of hydrogen-bond donors (Lipinski definition) is 1. The Hall–Kier alpha value is -3.26. The fourth-order valence-corrected chi connectivity index (χ4v) is 3.43. The van der Waals surface area contributed by atoms with Crippen molar-refractivity contribution in [2.24, 2.45) is 7.05 Å². The molecule has 2 aromatic carbocycles. The van der Waals surface area contributed by atoms with E-state index in [2.05, 4.69) is 10.3 Å². The van der Waals surface area contributed by atoms with E-state index in [9.17, 15) is 14.0 Å². The molecule has 0 spiro atoms. The normalized spacial score (nSPS) is 12.0. The minimum absolute atomic E-state index is 0.175. The molecular formula is C22H25FN4O3. The topological polar surface area (TPSA) is 76.5 Å². The molecule has 1 aromatic heterocycles. The van der Waals surface area contributed by atoms with E-state index in [0.29, 0.717) is 35.4 Å². The van der Waals surface area contributed by atoms with Crippen molar-refractivity contribution in [1.82, 2.24) is 14.5 Å². The number of para-hydroxylation sites is 1. The summed E-state index contributed by atoms with van der Waals surface area (Å²) in [6.07, 6.45) is 0.527. The second-order valence-electron chi connectivity index (χ2n) is 6.90. The number of anilines is 1. The van der Waals surface area contributed by atoms with E-state index in [-0.39, 0.29) is 12.1 Å². The van der Waals surface area contributed by atoms with Crippen LogP contribution in [0, 0.1) is 5.82 Å². The lowest BCUT2D eigenvalue weighted by Gasteiger charge is -2.31. The van der Waals surface area contributed by atoms with Crippen LogP contribution in [-0.2, 0) is 11.8 Å². The molecule has 0 aliphatic heterocycles. The molecule has 1 heterocycles. The van der Waals surface area contributed by atoms with Crippen molar-refractivity contribution in [3.8, 4) is 0 Å². The highest BCUT2D eigenvalue weighted by Crippen LogP contribution is 2.24. The number of carbonyl (C=O) groups excluding carboxylic acids is 1. The predicted molar refractivity (Wildman–Crippen MR) is 114 cm³/mol. The zero-order valence-electron chi connectivity index (χ0n) is 17.3. The highest BCUT2D eigenvalue weighted by Gasteiger charge is 2.27. The number of halogens is 1. The number of aromatic nitrogens is 2. The number of benzene rings is 2. The summed E-state index contributed by atoms with van der Waals surface area (Å²) in [5, 5.41) is 3.24. The molecule has 1 N–H and O–H groups in total. The Morgan fingerprint density at radius 2 is 2.03 bits per heavy atom. The molecule has 2 amide bonds. The average Bonchev–Trinajstić information content (AvgIpc) is 2.74. The molecule has 0 aliphatic carbocycles. The van der Waals surface area contributed by atoms with Gasteiger partial charge in [-0.15, -0.1) is 0 Å². The third-order valence-corrected chi connectivity index (χ3v) is 4.95. The van der Waals surface area contributed by atoms with Gasteiger partial charge in [-0.05, 0) is 36.8 Å². The maximum absolute atomic E-state index is 13.5. The lowest BCUT2D eigenvalue weighted by molar-refractivity contribution is 0.131. The first kappa shape index (κ1) is 21.4. The van der Waals surface area contributed by atoms with E-state index in [4.69, 9.17) is 4.74 Å². The van der Waals surface area contributed by atoms with Crippen molar-refractivity contribution in [1.29, 1.82) is 0 Å². The average molecular weight is 412 g/mol. The fraction of sp³-hybridized carbons (Fsp3) is 0.318. The number of methoxy groups -OCH3 is 1. The Balaban J connectivity index is 2.01. The highest BCUT2D eigenvalue weighted by molar-refractivity contribution is 5.89. The quantitative estimate of drug-likeness (QED) is 0.642. The number of fused-ring (bicyclic) bond motifs is 1. The Kier molecular flexibility index (Phi) is 6.79. The smallest absolute Gasteiger partial charge is 0.322 e. The van der Waals surface area contributed by atoms with Crippen LogP contribution < -0.4 is 10.9 Å². The van der Waals surface area contributed by atoms with Gasteiger partial charge in [0, 0.05) is 26.4 Å². The Labute approximate surface area is 174 Å². The molecular weight excluding hydrogens is 387 g/mol. The van der Waals surface area contributed by atoms with Crippen LogP contribution in [0.2, 0.25) is 0 Å². The predicted octanol–water partition coefficient (Wildman–Crippen LogP) is 3.70. The molecule has 0 aliphatic rings. The molecule has 0 fully saturated rings. The molecule has 30 heavy (non-hydrogen) atoms. The standard InChI is InChI=1S/C22H25FN4O3/c1-4-19(20-25-18-11-6-5-10-17(18)21(28)26(20)2)27(12-13-30-3)22(29)24-16-9-7-8-15(23)14-16/h5-11,14,19H,4,12-13H2,1-3H3,(H,24,29). The minimum Gasteiger partial charge on any atom is -0.383 e. The van der Waals surface area contributed by atoms with Crippen LogP contribution in [-0.4, -0.2) is 40.7 Å². The van der Waals surface area contributed by atoms with E-state index in [0.717, 1.165) is 0 Å². The van der Waals surface area contributed by atoms with Crippen molar-refractivity contribution >= 4 is 22.6 Å². The summed E-state index contributed by atoms with van der Waals surface area (Å²) in [6.45, 7) is 2.49. The first-order chi connectivity index (χ1) is 14.5. The largest absolute Gasteiger partial charge is 0.383 e. The van der Waals surface area contributed by atoms with Gasteiger partial charge in [0.15, 0.2) is 0 Å². The van der Waals surface area contributed by atoms with Gasteiger partial charge in [-0.3, -0.25) is 9.36 Å². The van der Waals surface area contributed by atoms with Crippen molar-refractivity contribution < 1.29 is 13.9 Å². The molecule has 3 rings (SSSR count). The van der Waals surface area contributed by atoms with E-state index in [1.165, 1.54) is 22.8 Å². The van der Waals surface area contributed by atoms with Crippen molar-refractivity contribution in [2.75, 3.05) is 25.6 Å². The zero-order valence-corrected chi connectivity index (χ0v) is 17.3. The molecule has 0 saturated carbocycles. The van der Waals surface area contributed by atoms with Gasteiger partial charge in [0.05, 0.1) is 23.6 Å². The van der Waals surface area contributed by atoms with Crippen molar-refractivity contribution in [2.45, 2.75) is 19.4 Å². The van der Waals surface area contributed by atoms with Crippen molar-refractivity contribution in [3.05, 3.63) is 70.5 Å². The summed E-state index contributed by atoms with van der Waals surface area (Å²) in [5.41, 5.74) is 0.746. The SMILES string of the molecule is CCC(c1nc2ccccc2c(=O)n1C)N(CCOC)C(=O)Nc1cccc(F)c1. The minimum atomic E-state index is -0.476. The number of ether oxygens (including phenoxy) is 1. The van der Waals surface area contributed by atoms with Crippen LogP contribution in [0.1, 0.15) is 25.2 Å². The van der Waals surface area contributed by atoms with Gasteiger partial charge in [0.2, 0.25) is 0 Å². The van der Waals surface area contributed by atoms with Crippen LogP contribution in [0.4, 0.5) is 14.9 Å². The lowest BCUT2D eigenvalue weighted by atomic mass is 10.1. The third kappa shape index (κ3) is 4.49.